The van der Waals surface area contributed by atoms with E-state index in [1.807, 2.05) is 0 Å². The molecule has 0 radical (unpaired) electrons. The molecule has 4 heteroatoms. The number of morpholine rings is 1. The lowest BCUT2D eigenvalue weighted by Crippen LogP contribution is -2.52. The zero-order chi connectivity index (χ0) is 12.7. The first-order valence-electron chi connectivity index (χ1n) is 6.74. The highest BCUT2D eigenvalue weighted by Crippen LogP contribution is 2.10. The lowest BCUT2D eigenvalue weighted by molar-refractivity contribution is -0.0189. The maximum atomic E-state index is 5.47. The van der Waals surface area contributed by atoms with Crippen molar-refractivity contribution in [2.45, 2.75) is 45.3 Å². The van der Waals surface area contributed by atoms with Crippen molar-refractivity contribution in [2.24, 2.45) is 0 Å². The smallest absolute Gasteiger partial charge is 0.0619 e. The summed E-state index contributed by atoms with van der Waals surface area (Å²) in [5.41, 5.74) is 0. The Morgan fingerprint density at radius 1 is 1.53 bits per heavy atom. The third-order valence-electron chi connectivity index (χ3n) is 3.55. The molecule has 4 nitrogen and oxygen atoms in total. The van der Waals surface area contributed by atoms with Crippen LogP contribution in [0.1, 0.15) is 27.2 Å². The van der Waals surface area contributed by atoms with Crippen molar-refractivity contribution in [3.63, 3.8) is 0 Å². The fraction of sp³-hybridized carbons (Fsp3) is 1.00. The molecule has 0 aliphatic carbocycles. The van der Waals surface area contributed by atoms with Crippen LogP contribution in [0.5, 0.6) is 0 Å². The molecule has 0 aromatic rings. The van der Waals surface area contributed by atoms with Gasteiger partial charge in [-0.2, -0.15) is 0 Å². The Balaban J connectivity index is 2.29. The maximum absolute atomic E-state index is 5.47. The lowest BCUT2D eigenvalue weighted by atomic mass is 10.1. The summed E-state index contributed by atoms with van der Waals surface area (Å²) in [6.07, 6.45) is 1.11. The molecule has 1 aliphatic heterocycles. The van der Waals surface area contributed by atoms with Gasteiger partial charge in [0.2, 0.25) is 0 Å². The SMILES string of the molecule is CC[C@H](COC)NC[C@@H](C)N1CCOC[C@@H]1C. The van der Waals surface area contributed by atoms with Crippen molar-refractivity contribution in [2.75, 3.05) is 40.0 Å². The van der Waals surface area contributed by atoms with Crippen molar-refractivity contribution in [1.29, 1.82) is 0 Å². The second-order valence-corrected chi connectivity index (χ2v) is 4.98. The molecule has 0 bridgehead atoms. The Labute approximate surface area is 106 Å². The van der Waals surface area contributed by atoms with Crippen LogP contribution in [0.25, 0.3) is 0 Å². The summed E-state index contributed by atoms with van der Waals surface area (Å²) in [4.78, 5) is 2.52. The Morgan fingerprint density at radius 3 is 2.88 bits per heavy atom. The molecule has 0 unspecified atom stereocenters. The molecule has 3 atom stereocenters. The standard InChI is InChI=1S/C13H28N2O2/c1-5-13(10-16-4)14-8-11(2)15-6-7-17-9-12(15)3/h11-14H,5-10H2,1-4H3/t11-,12+,13-/m1/s1. The third kappa shape index (κ3) is 4.92. The van der Waals surface area contributed by atoms with Crippen molar-refractivity contribution < 1.29 is 9.47 Å². The maximum Gasteiger partial charge on any atom is 0.0619 e. The van der Waals surface area contributed by atoms with Crippen LogP contribution in [-0.2, 0) is 9.47 Å². The zero-order valence-corrected chi connectivity index (χ0v) is 11.7. The van der Waals surface area contributed by atoms with Crippen molar-refractivity contribution in [1.82, 2.24) is 10.2 Å². The highest BCUT2D eigenvalue weighted by molar-refractivity contribution is 4.79. The van der Waals surface area contributed by atoms with Crippen molar-refractivity contribution in [3.05, 3.63) is 0 Å². The molecule has 0 spiro atoms. The summed E-state index contributed by atoms with van der Waals surface area (Å²) >= 11 is 0. The molecule has 102 valence electrons. The van der Waals surface area contributed by atoms with Gasteiger partial charge in [0.05, 0.1) is 19.8 Å². The van der Waals surface area contributed by atoms with Gasteiger partial charge in [-0.15, -0.1) is 0 Å². The average molecular weight is 244 g/mol. The number of hydrogen-bond donors (Lipinski definition) is 1. The minimum atomic E-state index is 0.471. The van der Waals surface area contributed by atoms with Crippen LogP contribution < -0.4 is 5.32 Å². The monoisotopic (exact) mass is 244 g/mol. The van der Waals surface area contributed by atoms with E-state index in [-0.39, 0.29) is 0 Å². The predicted molar refractivity (Wildman–Crippen MR) is 70.4 cm³/mol. The molecule has 0 aromatic carbocycles. The number of nitrogens with zero attached hydrogens (tertiary/aromatic N) is 1. The van der Waals surface area contributed by atoms with E-state index in [0.29, 0.717) is 18.1 Å². The number of nitrogens with one attached hydrogen (secondary N) is 1. The number of hydrogen-bond acceptors (Lipinski definition) is 4. The number of rotatable bonds is 7. The highest BCUT2D eigenvalue weighted by atomic mass is 16.5. The summed E-state index contributed by atoms with van der Waals surface area (Å²) in [7, 11) is 1.76. The fourth-order valence-corrected chi connectivity index (χ4v) is 2.37. The Bertz CT molecular complexity index is 202. The van der Waals surface area contributed by atoms with Gasteiger partial charge in [-0.05, 0) is 20.3 Å². The highest BCUT2D eigenvalue weighted by Gasteiger charge is 2.23. The largest absolute Gasteiger partial charge is 0.383 e. The molecule has 1 heterocycles. The Kier molecular flexibility index (Phi) is 7.04. The molecule has 1 N–H and O–H groups in total. The molecular weight excluding hydrogens is 216 g/mol. The fourth-order valence-electron chi connectivity index (χ4n) is 2.37. The van der Waals surface area contributed by atoms with Crippen LogP contribution >= 0.6 is 0 Å². The van der Waals surface area contributed by atoms with E-state index in [2.05, 4.69) is 31.0 Å². The topological polar surface area (TPSA) is 33.7 Å². The first-order valence-corrected chi connectivity index (χ1v) is 6.74. The molecular formula is C13H28N2O2. The van der Waals surface area contributed by atoms with Gasteiger partial charge in [0.15, 0.2) is 0 Å². The Morgan fingerprint density at radius 2 is 2.29 bits per heavy atom. The Hall–Kier alpha value is -0.160. The molecule has 1 aliphatic rings. The molecule has 1 fully saturated rings. The van der Waals surface area contributed by atoms with Gasteiger partial charge >= 0.3 is 0 Å². The molecule has 1 rings (SSSR count). The van der Waals surface area contributed by atoms with E-state index in [1.165, 1.54) is 0 Å². The van der Waals surface area contributed by atoms with E-state index < -0.39 is 0 Å². The predicted octanol–water partition coefficient (Wildman–Crippen LogP) is 1.11. The summed E-state index contributed by atoms with van der Waals surface area (Å²) in [5, 5.41) is 3.58. The van der Waals surface area contributed by atoms with E-state index in [1.54, 1.807) is 7.11 Å². The summed E-state index contributed by atoms with van der Waals surface area (Å²) < 4.78 is 10.7. The van der Waals surface area contributed by atoms with Crippen LogP contribution in [-0.4, -0.2) is 63.0 Å². The van der Waals surface area contributed by atoms with Crippen molar-refractivity contribution in [3.8, 4) is 0 Å². The quantitative estimate of drug-likeness (QED) is 0.727. The molecule has 17 heavy (non-hydrogen) atoms. The van der Waals surface area contributed by atoms with Gasteiger partial charge in [-0.3, -0.25) is 4.90 Å². The van der Waals surface area contributed by atoms with E-state index in [0.717, 1.165) is 39.3 Å². The van der Waals surface area contributed by atoms with Gasteiger partial charge in [0.1, 0.15) is 0 Å². The molecule has 0 saturated carbocycles. The van der Waals surface area contributed by atoms with E-state index in [4.69, 9.17) is 9.47 Å². The van der Waals surface area contributed by atoms with Gasteiger partial charge < -0.3 is 14.8 Å². The minimum absolute atomic E-state index is 0.471. The first-order chi connectivity index (χ1) is 8.19. The number of methoxy groups -OCH3 is 1. The van der Waals surface area contributed by atoms with Gasteiger partial charge in [-0.1, -0.05) is 6.92 Å². The van der Waals surface area contributed by atoms with Crippen molar-refractivity contribution >= 4 is 0 Å². The molecule has 0 amide bonds. The second kappa shape index (κ2) is 8.03. The summed E-state index contributed by atoms with van der Waals surface area (Å²) in [6, 6.07) is 1.56. The van der Waals surface area contributed by atoms with Crippen LogP contribution in [0.2, 0.25) is 0 Å². The lowest BCUT2D eigenvalue weighted by Gasteiger charge is -2.38. The zero-order valence-electron chi connectivity index (χ0n) is 11.7. The third-order valence-corrected chi connectivity index (χ3v) is 3.55. The van der Waals surface area contributed by atoms with Gasteiger partial charge in [-0.25, -0.2) is 0 Å². The molecule has 0 aromatic heterocycles. The van der Waals surface area contributed by atoms with Gasteiger partial charge in [0.25, 0.3) is 0 Å². The van der Waals surface area contributed by atoms with Crippen LogP contribution in [0.3, 0.4) is 0 Å². The first kappa shape index (κ1) is 14.9. The number of ether oxygens (including phenoxy) is 2. The van der Waals surface area contributed by atoms with Crippen LogP contribution in [0, 0.1) is 0 Å². The minimum Gasteiger partial charge on any atom is -0.383 e. The molecule has 1 saturated heterocycles. The summed E-state index contributed by atoms with van der Waals surface area (Å²) in [5.74, 6) is 0. The van der Waals surface area contributed by atoms with Crippen LogP contribution in [0.4, 0.5) is 0 Å². The van der Waals surface area contributed by atoms with E-state index >= 15 is 0 Å². The normalized spacial score (nSPS) is 25.8. The average Bonchev–Trinajstić information content (AvgIpc) is 2.34. The second-order valence-electron chi connectivity index (χ2n) is 4.98. The van der Waals surface area contributed by atoms with Gasteiger partial charge in [0, 0.05) is 38.3 Å². The van der Waals surface area contributed by atoms with E-state index in [9.17, 15) is 0 Å². The van der Waals surface area contributed by atoms with Crippen LogP contribution in [0.15, 0.2) is 0 Å². The summed E-state index contributed by atoms with van der Waals surface area (Å²) in [6.45, 7) is 11.3.